The maximum absolute atomic E-state index is 13.2. The Morgan fingerprint density at radius 3 is 2.41 bits per heavy atom. The number of rotatable bonds is 7. The summed E-state index contributed by atoms with van der Waals surface area (Å²) in [4.78, 5) is 8.29. The zero-order valence-electron chi connectivity index (χ0n) is 16.1. The van der Waals surface area contributed by atoms with Crippen LogP contribution in [0.15, 0.2) is 53.4 Å². The van der Waals surface area contributed by atoms with E-state index in [0.717, 1.165) is 22.8 Å². The number of hydrogen-bond acceptors (Lipinski definition) is 6. The Morgan fingerprint density at radius 2 is 1.72 bits per heavy atom. The van der Waals surface area contributed by atoms with Gasteiger partial charge in [0.2, 0.25) is 16.0 Å². The van der Waals surface area contributed by atoms with E-state index in [1.165, 1.54) is 18.2 Å². The molecular formula is C20H22FN5O2S. The summed E-state index contributed by atoms with van der Waals surface area (Å²) in [6.07, 6.45) is 0. The van der Waals surface area contributed by atoms with E-state index in [9.17, 15) is 12.8 Å². The minimum atomic E-state index is -3.79. The van der Waals surface area contributed by atoms with E-state index in [4.69, 9.17) is 5.73 Å². The van der Waals surface area contributed by atoms with Crippen molar-refractivity contribution in [3.05, 3.63) is 65.5 Å². The molecule has 9 heteroatoms. The molecular weight excluding hydrogens is 393 g/mol. The van der Waals surface area contributed by atoms with Crippen molar-refractivity contribution < 1.29 is 12.8 Å². The average Bonchev–Trinajstić information content (AvgIpc) is 2.64. The number of halogens is 1. The van der Waals surface area contributed by atoms with Gasteiger partial charge >= 0.3 is 0 Å². The molecule has 0 amide bonds. The predicted octanol–water partition coefficient (Wildman–Crippen LogP) is 2.87. The Kier molecular flexibility index (Phi) is 6.09. The molecule has 1 heterocycles. The van der Waals surface area contributed by atoms with E-state index in [-0.39, 0.29) is 23.9 Å². The molecule has 4 N–H and O–H groups in total. The summed E-state index contributed by atoms with van der Waals surface area (Å²) in [7, 11) is -3.79. The Morgan fingerprint density at radius 1 is 1.00 bits per heavy atom. The van der Waals surface area contributed by atoms with Gasteiger partial charge in [-0.3, -0.25) is 0 Å². The molecule has 0 unspecified atom stereocenters. The van der Waals surface area contributed by atoms with Gasteiger partial charge in [-0.05, 0) is 44.2 Å². The molecule has 0 aliphatic heterocycles. The van der Waals surface area contributed by atoms with Crippen LogP contribution in [0.3, 0.4) is 0 Å². The highest BCUT2D eigenvalue weighted by Gasteiger charge is 2.14. The second-order valence-electron chi connectivity index (χ2n) is 6.65. The SMILES string of the molecule is Cc1cc(C)cc(-c2cc(NCCNS(=O)(=O)c3cccc(F)c3)nc(N)n2)c1. The van der Waals surface area contributed by atoms with Gasteiger partial charge in [0, 0.05) is 24.7 Å². The first-order valence-electron chi connectivity index (χ1n) is 8.95. The number of nitrogens with zero attached hydrogens (tertiary/aromatic N) is 2. The summed E-state index contributed by atoms with van der Waals surface area (Å²) in [6, 6.07) is 12.7. The van der Waals surface area contributed by atoms with E-state index in [1.54, 1.807) is 6.07 Å². The lowest BCUT2D eigenvalue weighted by molar-refractivity contribution is 0.579. The van der Waals surface area contributed by atoms with Crippen LogP contribution in [0.2, 0.25) is 0 Å². The standard InChI is InChI=1S/C20H22FN5O2S/c1-13-8-14(2)10-15(9-13)18-12-19(26-20(22)25-18)23-6-7-24-29(27,28)17-5-3-4-16(21)11-17/h3-5,8-12,24H,6-7H2,1-2H3,(H3,22,23,25,26). The van der Waals surface area contributed by atoms with E-state index in [2.05, 4.69) is 26.1 Å². The number of aryl methyl sites for hydroxylation is 2. The topological polar surface area (TPSA) is 110 Å². The van der Waals surface area contributed by atoms with Crippen LogP contribution >= 0.6 is 0 Å². The molecule has 0 atom stereocenters. The first kappa shape index (κ1) is 20.7. The summed E-state index contributed by atoms with van der Waals surface area (Å²) in [5.41, 5.74) is 9.64. The fourth-order valence-electron chi connectivity index (χ4n) is 2.92. The van der Waals surface area contributed by atoms with Crippen molar-refractivity contribution in [2.45, 2.75) is 18.7 Å². The molecule has 1 aromatic heterocycles. The predicted molar refractivity (Wildman–Crippen MR) is 111 cm³/mol. The average molecular weight is 415 g/mol. The lowest BCUT2D eigenvalue weighted by atomic mass is 10.0. The number of aromatic nitrogens is 2. The third-order valence-corrected chi connectivity index (χ3v) is 5.55. The zero-order chi connectivity index (χ0) is 21.0. The maximum atomic E-state index is 13.2. The molecule has 0 saturated heterocycles. The van der Waals surface area contributed by atoms with Gasteiger partial charge in [-0.25, -0.2) is 22.5 Å². The Bertz CT molecular complexity index is 1120. The van der Waals surface area contributed by atoms with Crippen LogP contribution in [0.1, 0.15) is 11.1 Å². The van der Waals surface area contributed by atoms with Crippen LogP contribution in [0.5, 0.6) is 0 Å². The van der Waals surface area contributed by atoms with Gasteiger partial charge in [0.1, 0.15) is 11.6 Å². The number of anilines is 2. The van der Waals surface area contributed by atoms with Crippen molar-refractivity contribution in [1.29, 1.82) is 0 Å². The molecule has 2 aromatic carbocycles. The lowest BCUT2D eigenvalue weighted by Gasteiger charge is -2.11. The van der Waals surface area contributed by atoms with Gasteiger partial charge in [-0.1, -0.05) is 23.3 Å². The minimum absolute atomic E-state index is 0.0850. The summed E-state index contributed by atoms with van der Waals surface area (Å²) >= 11 is 0. The maximum Gasteiger partial charge on any atom is 0.240 e. The number of nitrogens with one attached hydrogen (secondary N) is 2. The molecule has 0 spiro atoms. The fraction of sp³-hybridized carbons (Fsp3) is 0.200. The van der Waals surface area contributed by atoms with Crippen molar-refractivity contribution in [3.8, 4) is 11.3 Å². The van der Waals surface area contributed by atoms with Crippen LogP contribution in [-0.4, -0.2) is 31.5 Å². The molecule has 0 saturated carbocycles. The highest BCUT2D eigenvalue weighted by molar-refractivity contribution is 7.89. The van der Waals surface area contributed by atoms with Crippen LogP contribution in [0.25, 0.3) is 11.3 Å². The molecule has 3 aromatic rings. The Labute approximate surface area is 169 Å². The second-order valence-corrected chi connectivity index (χ2v) is 8.42. The molecule has 0 aliphatic rings. The molecule has 3 rings (SSSR count). The van der Waals surface area contributed by atoms with E-state index < -0.39 is 15.8 Å². The van der Waals surface area contributed by atoms with Crippen LogP contribution in [0, 0.1) is 19.7 Å². The molecule has 29 heavy (non-hydrogen) atoms. The quantitative estimate of drug-likeness (QED) is 0.512. The van der Waals surface area contributed by atoms with Crippen molar-refractivity contribution >= 4 is 21.8 Å². The Balaban J connectivity index is 1.66. The number of nitrogens with two attached hydrogens (primary N) is 1. The third kappa shape index (κ3) is 5.49. The van der Waals surface area contributed by atoms with Crippen LogP contribution < -0.4 is 15.8 Å². The summed E-state index contributed by atoms with van der Waals surface area (Å²) < 4.78 is 40.1. The van der Waals surface area contributed by atoms with Gasteiger partial charge in [0.25, 0.3) is 0 Å². The largest absolute Gasteiger partial charge is 0.369 e. The van der Waals surface area contributed by atoms with Gasteiger partial charge in [0.15, 0.2) is 0 Å². The Hall–Kier alpha value is -3.04. The van der Waals surface area contributed by atoms with Gasteiger partial charge < -0.3 is 11.1 Å². The molecule has 7 nitrogen and oxygen atoms in total. The van der Waals surface area contributed by atoms with E-state index in [0.29, 0.717) is 11.5 Å². The third-order valence-electron chi connectivity index (χ3n) is 4.09. The fourth-order valence-corrected chi connectivity index (χ4v) is 3.98. The van der Waals surface area contributed by atoms with Gasteiger partial charge in [0.05, 0.1) is 10.6 Å². The van der Waals surface area contributed by atoms with Crippen LogP contribution in [0.4, 0.5) is 16.2 Å². The van der Waals surface area contributed by atoms with E-state index >= 15 is 0 Å². The van der Waals surface area contributed by atoms with Crippen molar-refractivity contribution in [3.63, 3.8) is 0 Å². The van der Waals surface area contributed by atoms with Crippen molar-refractivity contribution in [2.75, 3.05) is 24.1 Å². The highest BCUT2D eigenvalue weighted by Crippen LogP contribution is 2.23. The number of benzene rings is 2. The first-order valence-corrected chi connectivity index (χ1v) is 10.4. The number of hydrogen-bond donors (Lipinski definition) is 3. The first-order chi connectivity index (χ1) is 13.7. The summed E-state index contributed by atoms with van der Waals surface area (Å²) in [6.45, 7) is 4.36. The van der Waals surface area contributed by atoms with E-state index in [1.807, 2.05) is 26.0 Å². The molecule has 0 fully saturated rings. The van der Waals surface area contributed by atoms with Gasteiger partial charge in [-0.15, -0.1) is 0 Å². The monoisotopic (exact) mass is 415 g/mol. The second kappa shape index (κ2) is 8.54. The highest BCUT2D eigenvalue weighted by atomic mass is 32.2. The van der Waals surface area contributed by atoms with Gasteiger partial charge in [-0.2, -0.15) is 4.98 Å². The van der Waals surface area contributed by atoms with Crippen LogP contribution in [-0.2, 0) is 10.0 Å². The minimum Gasteiger partial charge on any atom is -0.369 e. The molecule has 0 radical (unpaired) electrons. The number of sulfonamides is 1. The molecule has 0 aliphatic carbocycles. The molecule has 0 bridgehead atoms. The lowest BCUT2D eigenvalue weighted by Crippen LogP contribution is -2.29. The van der Waals surface area contributed by atoms with Crippen molar-refractivity contribution in [2.24, 2.45) is 0 Å². The normalized spacial score (nSPS) is 11.4. The summed E-state index contributed by atoms with van der Waals surface area (Å²) in [5.74, 6) is -0.0116. The van der Waals surface area contributed by atoms with Crippen molar-refractivity contribution in [1.82, 2.24) is 14.7 Å². The smallest absolute Gasteiger partial charge is 0.240 e. The molecule has 152 valence electrons. The summed E-state index contributed by atoms with van der Waals surface area (Å²) in [5, 5.41) is 3.03. The zero-order valence-corrected chi connectivity index (χ0v) is 16.9. The number of nitrogen functional groups attached to an aromatic ring is 1.